The minimum Gasteiger partial charge on any atom is -0.399 e. The van der Waals surface area contributed by atoms with E-state index >= 15 is 0 Å². The van der Waals surface area contributed by atoms with Gasteiger partial charge in [-0.25, -0.2) is 0 Å². The molecule has 4 heteroatoms. The van der Waals surface area contributed by atoms with Crippen LogP contribution in [0, 0.1) is 0 Å². The summed E-state index contributed by atoms with van der Waals surface area (Å²) in [6.07, 6.45) is 2.81. The Balaban J connectivity index is 1.93. The molecule has 1 aromatic carbocycles. The Bertz CT molecular complexity index is 440. The van der Waals surface area contributed by atoms with Gasteiger partial charge in [-0.3, -0.25) is 4.79 Å². The number of benzene rings is 1. The van der Waals surface area contributed by atoms with Crippen LogP contribution in [0.1, 0.15) is 37.7 Å². The molecule has 4 nitrogen and oxygen atoms in total. The first-order valence-corrected chi connectivity index (χ1v) is 7.25. The number of methoxy groups -OCH3 is 1. The molecule has 1 fully saturated rings. The minimum atomic E-state index is 0.215. The molecule has 1 saturated carbocycles. The molecule has 0 bridgehead atoms. The van der Waals surface area contributed by atoms with Gasteiger partial charge in [-0.15, -0.1) is 0 Å². The normalized spacial score (nSPS) is 15.9. The lowest BCUT2D eigenvalue weighted by molar-refractivity contribution is -0.132. The van der Waals surface area contributed by atoms with E-state index in [4.69, 9.17) is 10.5 Å². The number of hydrogen-bond donors (Lipinski definition) is 1. The summed E-state index contributed by atoms with van der Waals surface area (Å²) in [5.41, 5.74) is 7.61. The van der Waals surface area contributed by atoms with Crippen molar-refractivity contribution < 1.29 is 9.53 Å². The van der Waals surface area contributed by atoms with E-state index in [2.05, 4.69) is 6.92 Å². The van der Waals surface area contributed by atoms with Crippen molar-refractivity contribution in [2.75, 3.05) is 26.0 Å². The highest BCUT2D eigenvalue weighted by Crippen LogP contribution is 2.29. The zero-order valence-electron chi connectivity index (χ0n) is 12.3. The lowest BCUT2D eigenvalue weighted by Crippen LogP contribution is -2.36. The third-order valence-electron chi connectivity index (χ3n) is 3.83. The molecule has 1 unspecified atom stereocenters. The van der Waals surface area contributed by atoms with Gasteiger partial charge in [0.05, 0.1) is 6.61 Å². The van der Waals surface area contributed by atoms with E-state index in [1.165, 1.54) is 0 Å². The maximum Gasteiger partial charge on any atom is 0.223 e. The molecule has 0 radical (unpaired) electrons. The second-order valence-electron chi connectivity index (χ2n) is 5.58. The number of carbonyl (C=O) groups is 1. The number of nitrogen functional groups attached to an aromatic ring is 1. The molecular weight excluding hydrogens is 252 g/mol. The minimum absolute atomic E-state index is 0.215. The molecule has 1 aliphatic rings. The predicted octanol–water partition coefficient (Wildman–Crippen LogP) is 2.40. The fourth-order valence-electron chi connectivity index (χ4n) is 2.41. The first kappa shape index (κ1) is 14.9. The van der Waals surface area contributed by atoms with Crippen LogP contribution in [0.4, 0.5) is 5.69 Å². The van der Waals surface area contributed by atoms with Gasteiger partial charge >= 0.3 is 0 Å². The van der Waals surface area contributed by atoms with E-state index in [9.17, 15) is 4.79 Å². The molecule has 2 N–H and O–H groups in total. The van der Waals surface area contributed by atoms with Gasteiger partial charge in [0.15, 0.2) is 0 Å². The Morgan fingerprint density at radius 1 is 1.40 bits per heavy atom. The van der Waals surface area contributed by atoms with Crippen molar-refractivity contribution in [3.63, 3.8) is 0 Å². The van der Waals surface area contributed by atoms with Crippen molar-refractivity contribution in [2.24, 2.45) is 0 Å². The summed E-state index contributed by atoms with van der Waals surface area (Å²) in [7, 11) is 1.67. The summed E-state index contributed by atoms with van der Waals surface area (Å²) >= 11 is 0. The predicted molar refractivity (Wildman–Crippen MR) is 80.5 cm³/mol. The lowest BCUT2D eigenvalue weighted by atomic mass is 9.97. The molecule has 20 heavy (non-hydrogen) atoms. The van der Waals surface area contributed by atoms with E-state index in [-0.39, 0.29) is 11.8 Å². The summed E-state index contributed by atoms with van der Waals surface area (Å²) in [5, 5.41) is 0. The van der Waals surface area contributed by atoms with Gasteiger partial charge in [0.25, 0.3) is 0 Å². The quantitative estimate of drug-likeness (QED) is 0.778. The molecular formula is C16H24N2O2. The number of nitrogens with two attached hydrogens (primary N) is 1. The van der Waals surface area contributed by atoms with Crippen LogP contribution in [0.5, 0.6) is 0 Å². The van der Waals surface area contributed by atoms with E-state index in [1.54, 1.807) is 7.11 Å². The first-order valence-electron chi connectivity index (χ1n) is 7.25. The Morgan fingerprint density at radius 3 is 2.60 bits per heavy atom. The SMILES string of the molecule is COCCN(C(=O)CC(C)c1ccc(N)cc1)C1CC1. The molecule has 0 saturated heterocycles. The van der Waals surface area contributed by atoms with Crippen LogP contribution in [0.3, 0.4) is 0 Å². The molecule has 1 aliphatic carbocycles. The van der Waals surface area contributed by atoms with Crippen molar-refractivity contribution in [3.05, 3.63) is 29.8 Å². The number of anilines is 1. The fraction of sp³-hybridized carbons (Fsp3) is 0.562. The van der Waals surface area contributed by atoms with Gasteiger partial charge in [0, 0.05) is 31.8 Å². The van der Waals surface area contributed by atoms with Crippen LogP contribution in [0.15, 0.2) is 24.3 Å². The van der Waals surface area contributed by atoms with Gasteiger partial charge < -0.3 is 15.4 Å². The van der Waals surface area contributed by atoms with Crippen molar-refractivity contribution in [3.8, 4) is 0 Å². The van der Waals surface area contributed by atoms with E-state index in [1.807, 2.05) is 29.2 Å². The molecule has 1 aromatic rings. The maximum absolute atomic E-state index is 12.4. The Morgan fingerprint density at radius 2 is 2.05 bits per heavy atom. The highest BCUT2D eigenvalue weighted by Gasteiger charge is 2.32. The molecule has 0 heterocycles. The third kappa shape index (κ3) is 3.97. The molecule has 1 atom stereocenters. The topological polar surface area (TPSA) is 55.6 Å². The Hall–Kier alpha value is -1.55. The summed E-state index contributed by atoms with van der Waals surface area (Å²) < 4.78 is 5.10. The van der Waals surface area contributed by atoms with Crippen molar-refractivity contribution in [1.29, 1.82) is 0 Å². The Kier molecular flexibility index (Phi) is 5.01. The number of ether oxygens (including phenoxy) is 1. The second kappa shape index (κ2) is 6.75. The summed E-state index contributed by atoms with van der Waals surface area (Å²) in [6, 6.07) is 8.23. The largest absolute Gasteiger partial charge is 0.399 e. The molecule has 1 amide bonds. The Labute approximate surface area is 120 Å². The average Bonchev–Trinajstić information content (AvgIpc) is 3.24. The van der Waals surface area contributed by atoms with Crippen LogP contribution in [-0.2, 0) is 9.53 Å². The monoisotopic (exact) mass is 276 g/mol. The molecule has 0 aliphatic heterocycles. The van der Waals surface area contributed by atoms with Crippen LogP contribution in [0.25, 0.3) is 0 Å². The smallest absolute Gasteiger partial charge is 0.223 e. The van der Waals surface area contributed by atoms with E-state index in [0.29, 0.717) is 25.6 Å². The van der Waals surface area contributed by atoms with Crippen LogP contribution in [-0.4, -0.2) is 37.1 Å². The van der Waals surface area contributed by atoms with Gasteiger partial charge in [-0.1, -0.05) is 19.1 Å². The number of rotatable bonds is 7. The highest BCUT2D eigenvalue weighted by atomic mass is 16.5. The second-order valence-corrected chi connectivity index (χ2v) is 5.58. The number of carbonyl (C=O) groups excluding carboxylic acids is 1. The van der Waals surface area contributed by atoms with Crippen LogP contribution >= 0.6 is 0 Å². The summed E-state index contributed by atoms with van der Waals surface area (Å²) in [6.45, 7) is 3.40. The summed E-state index contributed by atoms with van der Waals surface area (Å²) in [4.78, 5) is 14.4. The fourth-order valence-corrected chi connectivity index (χ4v) is 2.41. The highest BCUT2D eigenvalue weighted by molar-refractivity contribution is 5.77. The van der Waals surface area contributed by atoms with Gasteiger partial charge in [-0.2, -0.15) is 0 Å². The summed E-state index contributed by atoms with van der Waals surface area (Å²) in [5.74, 6) is 0.445. The first-order chi connectivity index (χ1) is 9.61. The van der Waals surface area contributed by atoms with Crippen LogP contribution in [0.2, 0.25) is 0 Å². The van der Waals surface area contributed by atoms with Crippen molar-refractivity contribution in [2.45, 2.75) is 38.1 Å². The van der Waals surface area contributed by atoms with Gasteiger partial charge in [0.1, 0.15) is 0 Å². The van der Waals surface area contributed by atoms with Crippen LogP contribution < -0.4 is 5.73 Å². The van der Waals surface area contributed by atoms with Gasteiger partial charge in [-0.05, 0) is 36.5 Å². The number of nitrogens with zero attached hydrogens (tertiary/aromatic N) is 1. The van der Waals surface area contributed by atoms with E-state index < -0.39 is 0 Å². The maximum atomic E-state index is 12.4. The average molecular weight is 276 g/mol. The zero-order chi connectivity index (χ0) is 14.5. The number of hydrogen-bond acceptors (Lipinski definition) is 3. The standard InChI is InChI=1S/C16H24N2O2/c1-12(13-3-5-14(17)6-4-13)11-16(19)18(9-10-20-2)15-7-8-15/h3-6,12,15H,7-11,17H2,1-2H3. The molecule has 0 spiro atoms. The van der Waals surface area contributed by atoms with Crippen molar-refractivity contribution >= 4 is 11.6 Å². The molecule has 110 valence electrons. The number of amides is 1. The lowest BCUT2D eigenvalue weighted by Gasteiger charge is -2.24. The third-order valence-corrected chi connectivity index (χ3v) is 3.83. The molecule has 2 rings (SSSR count). The molecule has 0 aromatic heterocycles. The zero-order valence-corrected chi connectivity index (χ0v) is 12.3. The van der Waals surface area contributed by atoms with Gasteiger partial charge in [0.2, 0.25) is 5.91 Å². The van der Waals surface area contributed by atoms with E-state index in [0.717, 1.165) is 24.1 Å². The van der Waals surface area contributed by atoms with Crippen molar-refractivity contribution in [1.82, 2.24) is 4.90 Å².